The Morgan fingerprint density at radius 3 is 2.30 bits per heavy atom. The highest BCUT2D eigenvalue weighted by atomic mass is 35.5. The van der Waals surface area contributed by atoms with Gasteiger partial charge in [0.15, 0.2) is 10.8 Å². The van der Waals surface area contributed by atoms with Gasteiger partial charge in [-0.1, -0.05) is 18.5 Å². The highest BCUT2D eigenvalue weighted by Crippen LogP contribution is 2.38. The fourth-order valence-corrected chi connectivity index (χ4v) is 9.83. The fraction of sp³-hybridized carbons (Fsp3) is 0.320. The number of benzene rings is 1. The van der Waals surface area contributed by atoms with Crippen molar-refractivity contribution in [2.45, 2.75) is 52.1 Å². The number of hydrogen-bond donors (Lipinski definition) is 3. The zero-order chi connectivity index (χ0) is 49.3. The van der Waals surface area contributed by atoms with Crippen LogP contribution in [-0.2, 0) is 17.8 Å². The van der Waals surface area contributed by atoms with Crippen LogP contribution in [0.1, 0.15) is 71.3 Å². The SMILES string of the molecule is CCc1cc2ncc(CN3CCN(c4ccc(C(=O)NCC5CCN(c6ccc(NC(=O)c7ccc(N8C(=S)N(c9cnc(C#N)c(Cl)c9)C(=O)C8(C)C)cc7F)cn6)CC5)nc4)CC3)cc2[nH]c1=O. The minimum Gasteiger partial charge on any atom is -0.368 e. The topological polar surface area (TPSA) is 200 Å². The van der Waals surface area contributed by atoms with Crippen molar-refractivity contribution in [3.63, 3.8) is 0 Å². The number of halogens is 2. The van der Waals surface area contributed by atoms with E-state index in [0.717, 1.165) is 98.4 Å². The summed E-state index contributed by atoms with van der Waals surface area (Å²) in [6.45, 7) is 11.3. The van der Waals surface area contributed by atoms with Crippen LogP contribution in [0.2, 0.25) is 5.02 Å². The summed E-state index contributed by atoms with van der Waals surface area (Å²) in [4.78, 5) is 82.4. The number of pyridine rings is 5. The van der Waals surface area contributed by atoms with Gasteiger partial charge in [-0.15, -0.1) is 0 Å². The predicted octanol–water partition coefficient (Wildman–Crippen LogP) is 6.47. The number of hydrogen-bond acceptors (Lipinski definition) is 13. The van der Waals surface area contributed by atoms with Gasteiger partial charge in [-0.05, 0) is 117 Å². The number of piperidine rings is 1. The molecule has 20 heteroatoms. The maximum atomic E-state index is 15.7. The summed E-state index contributed by atoms with van der Waals surface area (Å²) >= 11 is 11.9. The van der Waals surface area contributed by atoms with Crippen LogP contribution in [0.3, 0.4) is 0 Å². The Labute approximate surface area is 413 Å². The van der Waals surface area contributed by atoms with E-state index < -0.39 is 23.2 Å². The maximum absolute atomic E-state index is 15.7. The quantitative estimate of drug-likeness (QED) is 0.113. The van der Waals surface area contributed by atoms with Crippen molar-refractivity contribution in [1.82, 2.24) is 35.1 Å². The number of aryl methyl sites for hydroxylation is 1. The van der Waals surface area contributed by atoms with Gasteiger partial charge in [0.05, 0.1) is 57.3 Å². The first-order chi connectivity index (χ1) is 33.7. The number of anilines is 5. The molecule has 3 N–H and O–H groups in total. The van der Waals surface area contributed by atoms with Gasteiger partial charge < -0.3 is 30.3 Å². The Morgan fingerprint density at radius 1 is 0.871 bits per heavy atom. The molecule has 0 bridgehead atoms. The lowest BCUT2D eigenvalue weighted by molar-refractivity contribution is -0.120. The van der Waals surface area contributed by atoms with Crippen molar-refractivity contribution in [2.75, 3.05) is 70.7 Å². The van der Waals surface area contributed by atoms with Gasteiger partial charge >= 0.3 is 0 Å². The second-order valence-corrected chi connectivity index (χ2v) is 18.8. The lowest BCUT2D eigenvalue weighted by atomic mass is 9.96. The molecular weight excluding hydrogens is 933 g/mol. The Morgan fingerprint density at radius 2 is 1.63 bits per heavy atom. The summed E-state index contributed by atoms with van der Waals surface area (Å²) in [5.41, 5.74) is 4.06. The van der Waals surface area contributed by atoms with Gasteiger partial charge in [-0.2, -0.15) is 5.26 Å². The van der Waals surface area contributed by atoms with Gasteiger partial charge in [0.2, 0.25) is 0 Å². The molecule has 6 aromatic rings. The lowest BCUT2D eigenvalue weighted by Gasteiger charge is -2.36. The van der Waals surface area contributed by atoms with Crippen molar-refractivity contribution in [3.8, 4) is 6.07 Å². The van der Waals surface area contributed by atoms with E-state index in [-0.39, 0.29) is 50.2 Å². The second kappa shape index (κ2) is 19.9. The molecule has 3 aliphatic heterocycles. The number of aromatic amines is 1. The third-order valence-corrected chi connectivity index (χ3v) is 13.8. The molecule has 8 heterocycles. The van der Waals surface area contributed by atoms with Crippen LogP contribution in [-0.4, -0.2) is 104 Å². The normalized spacial score (nSPS) is 16.5. The van der Waals surface area contributed by atoms with Crippen molar-refractivity contribution < 1.29 is 18.8 Å². The number of rotatable bonds is 12. The number of carbonyl (C=O) groups is 3. The van der Waals surface area contributed by atoms with Crippen LogP contribution in [0.4, 0.5) is 33.0 Å². The number of nitriles is 1. The zero-order valence-electron chi connectivity index (χ0n) is 38.7. The highest BCUT2D eigenvalue weighted by molar-refractivity contribution is 7.81. The molecule has 0 aliphatic carbocycles. The highest BCUT2D eigenvalue weighted by Gasteiger charge is 2.50. The van der Waals surface area contributed by atoms with E-state index >= 15 is 4.39 Å². The van der Waals surface area contributed by atoms with Crippen LogP contribution >= 0.6 is 23.8 Å². The predicted molar refractivity (Wildman–Crippen MR) is 270 cm³/mol. The van der Waals surface area contributed by atoms with E-state index in [2.05, 4.69) is 50.3 Å². The van der Waals surface area contributed by atoms with Crippen molar-refractivity contribution >= 4 is 86.3 Å². The van der Waals surface area contributed by atoms with Gasteiger partial charge in [0.1, 0.15) is 28.9 Å². The number of H-pyrrole nitrogens is 1. The average molecular weight is 983 g/mol. The first-order valence-corrected chi connectivity index (χ1v) is 23.8. The number of piperazine rings is 1. The summed E-state index contributed by atoms with van der Waals surface area (Å²) in [6, 6.07) is 18.4. The maximum Gasteiger partial charge on any atom is 0.269 e. The molecular formula is C50H49ClFN13O4S. The van der Waals surface area contributed by atoms with E-state index in [1.165, 1.54) is 40.4 Å². The number of aromatic nitrogens is 5. The lowest BCUT2D eigenvalue weighted by Crippen LogP contribution is -2.46. The molecule has 70 heavy (non-hydrogen) atoms. The number of amides is 3. The standard InChI is InChI=1S/C50H49ClFN13O4S/c1-4-32-20-41-42(60-45(32)66)19-31(25-54-41)29-61-15-17-62(18-16-61)35-7-9-40(55-27-35)47(68)58-24-30-11-13-63(14-12-30)44-10-5-33(26-57-44)59-46(67)37-8-6-34(22-39(37)52)65-49(70)64(48(69)50(65,2)3)36-21-38(51)43(23-53)56-28-36/h5-10,19-22,25-28,30H,4,11-18,24,29H2,1-3H3,(H,58,68)(H,59,67)(H,60,66). The minimum absolute atomic E-state index is 0.00126. The molecule has 17 nitrogen and oxygen atoms in total. The van der Waals surface area contributed by atoms with Crippen molar-refractivity contribution in [1.29, 1.82) is 5.26 Å². The van der Waals surface area contributed by atoms with E-state index in [9.17, 15) is 24.4 Å². The summed E-state index contributed by atoms with van der Waals surface area (Å²) in [5, 5.41) is 15.1. The Balaban J connectivity index is 0.713. The Hall–Kier alpha value is -7.40. The monoisotopic (exact) mass is 981 g/mol. The summed E-state index contributed by atoms with van der Waals surface area (Å²) in [7, 11) is 0. The van der Waals surface area contributed by atoms with E-state index in [4.69, 9.17) is 23.8 Å². The minimum atomic E-state index is -1.23. The van der Waals surface area contributed by atoms with Gasteiger partial charge in [0.25, 0.3) is 23.3 Å². The van der Waals surface area contributed by atoms with E-state index in [1.54, 1.807) is 38.2 Å². The van der Waals surface area contributed by atoms with Crippen LogP contribution in [0.25, 0.3) is 11.0 Å². The van der Waals surface area contributed by atoms with Crippen LogP contribution < -0.4 is 35.8 Å². The molecule has 0 saturated carbocycles. The molecule has 3 fully saturated rings. The number of carbonyl (C=O) groups excluding carboxylic acids is 3. The summed E-state index contributed by atoms with van der Waals surface area (Å²) in [5.74, 6) is -1.10. The fourth-order valence-electron chi connectivity index (χ4n) is 9.10. The number of nitrogens with zero attached hydrogens (tertiary/aromatic N) is 10. The molecule has 0 radical (unpaired) electrons. The molecule has 3 aliphatic rings. The molecule has 358 valence electrons. The second-order valence-electron chi connectivity index (χ2n) is 18.0. The molecule has 0 atom stereocenters. The van der Waals surface area contributed by atoms with E-state index in [0.29, 0.717) is 24.3 Å². The van der Waals surface area contributed by atoms with Crippen LogP contribution in [0.15, 0.2) is 90.2 Å². The third kappa shape index (κ3) is 9.75. The number of nitrogens with one attached hydrogen (secondary N) is 3. The molecule has 5 aromatic heterocycles. The first kappa shape index (κ1) is 47.7. The van der Waals surface area contributed by atoms with Gasteiger partial charge in [0, 0.05) is 69.8 Å². The average Bonchev–Trinajstić information content (AvgIpc) is 3.54. The van der Waals surface area contributed by atoms with Crippen molar-refractivity contribution in [2.24, 2.45) is 5.92 Å². The van der Waals surface area contributed by atoms with Crippen molar-refractivity contribution in [3.05, 3.63) is 135 Å². The Bertz CT molecular complexity index is 3110. The van der Waals surface area contributed by atoms with Gasteiger partial charge in [-0.25, -0.2) is 19.3 Å². The number of fused-ring (bicyclic) bond motifs is 1. The molecule has 0 unspecified atom stereocenters. The smallest absolute Gasteiger partial charge is 0.269 e. The third-order valence-electron chi connectivity index (χ3n) is 13.1. The molecule has 3 amide bonds. The summed E-state index contributed by atoms with van der Waals surface area (Å²) in [6.07, 6.45) is 8.84. The largest absolute Gasteiger partial charge is 0.368 e. The van der Waals surface area contributed by atoms with Crippen LogP contribution in [0, 0.1) is 23.1 Å². The molecule has 3 saturated heterocycles. The summed E-state index contributed by atoms with van der Waals surface area (Å²) < 4.78 is 15.7. The number of thiocarbonyl (C=S) groups is 1. The molecule has 9 rings (SSSR count). The first-order valence-electron chi connectivity index (χ1n) is 23.0. The molecule has 1 aromatic carbocycles. The van der Waals surface area contributed by atoms with Gasteiger partial charge in [-0.3, -0.25) is 34.0 Å². The Kier molecular flexibility index (Phi) is 13.6. The van der Waals surface area contributed by atoms with Crippen LogP contribution in [0.5, 0.6) is 0 Å². The zero-order valence-corrected chi connectivity index (χ0v) is 40.3. The van der Waals surface area contributed by atoms with E-state index in [1.807, 2.05) is 37.4 Å². The molecule has 0 spiro atoms.